The number of alkyl halides is 3. The van der Waals surface area contributed by atoms with Gasteiger partial charge in [-0.05, 0) is 19.7 Å². The van der Waals surface area contributed by atoms with Crippen LogP contribution in [-0.4, -0.2) is 44.9 Å². The van der Waals surface area contributed by atoms with Crippen molar-refractivity contribution in [1.29, 1.82) is 0 Å². The molecule has 0 aliphatic carbocycles. The highest BCUT2D eigenvalue weighted by Crippen LogP contribution is 2.18. The lowest BCUT2D eigenvalue weighted by molar-refractivity contribution is -0.0578. The maximum absolute atomic E-state index is 12.4. The van der Waals surface area contributed by atoms with Crippen LogP contribution in [0.2, 0.25) is 0 Å². The van der Waals surface area contributed by atoms with Gasteiger partial charge in [0.05, 0.1) is 19.7 Å². The summed E-state index contributed by atoms with van der Waals surface area (Å²) in [5.74, 6) is 0. The number of aliphatic imine (C=N–C) groups is 2. The Labute approximate surface area is 92.7 Å². The lowest BCUT2D eigenvalue weighted by atomic mass is 10.3. The largest absolute Gasteiger partial charge is 0.432 e. The van der Waals surface area contributed by atoms with E-state index >= 15 is 0 Å². The molecule has 0 aliphatic heterocycles. The van der Waals surface area contributed by atoms with E-state index in [9.17, 15) is 13.2 Å². The van der Waals surface area contributed by atoms with Gasteiger partial charge in [-0.3, -0.25) is 9.98 Å². The molecule has 0 aromatic rings. The molecule has 0 heterocycles. The van der Waals surface area contributed by atoms with Gasteiger partial charge in [-0.2, -0.15) is 13.2 Å². The van der Waals surface area contributed by atoms with E-state index in [0.29, 0.717) is 6.61 Å². The second-order valence-electron chi connectivity index (χ2n) is 2.77. The van der Waals surface area contributed by atoms with Crippen molar-refractivity contribution >= 4 is 12.4 Å². The molecule has 92 valence electrons. The summed E-state index contributed by atoms with van der Waals surface area (Å²) in [6, 6.07) is 0. The zero-order valence-corrected chi connectivity index (χ0v) is 9.13. The zero-order chi connectivity index (χ0) is 12.4. The number of ether oxygens (including phenoxy) is 1. The fourth-order valence-electron chi connectivity index (χ4n) is 0.824. The third-order valence-electron chi connectivity index (χ3n) is 1.52. The zero-order valence-electron chi connectivity index (χ0n) is 9.13. The molecule has 0 radical (unpaired) electrons. The normalized spacial score (nSPS) is 13.4. The first kappa shape index (κ1) is 14.8. The predicted molar refractivity (Wildman–Crippen MR) is 58.4 cm³/mol. The van der Waals surface area contributed by atoms with Crippen LogP contribution in [0.3, 0.4) is 0 Å². The first-order valence-corrected chi connectivity index (χ1v) is 4.80. The van der Waals surface area contributed by atoms with Crippen LogP contribution in [0.5, 0.6) is 0 Å². The highest BCUT2D eigenvalue weighted by molar-refractivity contribution is 5.99. The number of hydrogen-bond acceptors (Lipinski definition) is 3. The van der Waals surface area contributed by atoms with Gasteiger partial charge >= 0.3 is 6.18 Å². The Kier molecular flexibility index (Phi) is 7.45. The topological polar surface area (TPSA) is 34.0 Å². The molecule has 0 atom stereocenters. The standard InChI is InChI=1S/C10H15F3N2O/c1-3-16-8-4-5-9(10(11,12)13)15-7-6-14-2/h4-5H,2-3,6-8H2,1H3/b5-4-,15-9+. The average Bonchev–Trinajstić information content (AvgIpc) is 2.20. The quantitative estimate of drug-likeness (QED) is 0.493. The molecule has 16 heavy (non-hydrogen) atoms. The van der Waals surface area contributed by atoms with Crippen molar-refractivity contribution in [3.8, 4) is 0 Å². The van der Waals surface area contributed by atoms with Gasteiger partial charge in [0.2, 0.25) is 0 Å². The molecule has 0 spiro atoms. The third-order valence-corrected chi connectivity index (χ3v) is 1.52. The highest BCUT2D eigenvalue weighted by atomic mass is 19.4. The summed E-state index contributed by atoms with van der Waals surface area (Å²) in [4.78, 5) is 6.82. The molecule has 0 amide bonds. The van der Waals surface area contributed by atoms with Crippen LogP contribution in [0.25, 0.3) is 0 Å². The van der Waals surface area contributed by atoms with Crippen molar-refractivity contribution in [2.75, 3.05) is 26.3 Å². The van der Waals surface area contributed by atoms with Crippen molar-refractivity contribution in [3.05, 3.63) is 12.2 Å². The van der Waals surface area contributed by atoms with E-state index in [0.717, 1.165) is 6.08 Å². The summed E-state index contributed by atoms with van der Waals surface area (Å²) in [6.07, 6.45) is -2.24. The van der Waals surface area contributed by atoms with Crippen molar-refractivity contribution in [1.82, 2.24) is 0 Å². The number of allylic oxidation sites excluding steroid dienone is 1. The molecule has 0 aromatic heterocycles. The van der Waals surface area contributed by atoms with Gasteiger partial charge in [-0.15, -0.1) is 0 Å². The fourth-order valence-corrected chi connectivity index (χ4v) is 0.824. The Morgan fingerprint density at radius 2 is 2.06 bits per heavy atom. The maximum atomic E-state index is 12.4. The van der Waals surface area contributed by atoms with Crippen molar-refractivity contribution in [2.24, 2.45) is 9.98 Å². The SMILES string of the molecule is C=NCC/N=C(\C=C/COCC)C(F)(F)F. The number of halogens is 3. The smallest absolute Gasteiger partial charge is 0.378 e. The van der Waals surface area contributed by atoms with E-state index in [1.807, 2.05) is 0 Å². The summed E-state index contributed by atoms with van der Waals surface area (Å²) < 4.78 is 42.0. The van der Waals surface area contributed by atoms with Gasteiger partial charge in [0.15, 0.2) is 0 Å². The van der Waals surface area contributed by atoms with Gasteiger partial charge in [-0.25, -0.2) is 0 Å². The summed E-state index contributed by atoms with van der Waals surface area (Å²) >= 11 is 0. The molecular formula is C10H15F3N2O. The van der Waals surface area contributed by atoms with Crippen LogP contribution in [-0.2, 0) is 4.74 Å². The van der Waals surface area contributed by atoms with Gasteiger partial charge in [0.25, 0.3) is 0 Å². The maximum Gasteiger partial charge on any atom is 0.432 e. The van der Waals surface area contributed by atoms with Crippen LogP contribution >= 0.6 is 0 Å². The second kappa shape index (κ2) is 8.04. The molecule has 3 nitrogen and oxygen atoms in total. The minimum Gasteiger partial charge on any atom is -0.378 e. The predicted octanol–water partition coefficient (Wildman–Crippen LogP) is 2.28. The third kappa shape index (κ3) is 7.17. The van der Waals surface area contributed by atoms with Gasteiger partial charge in [-0.1, -0.05) is 6.08 Å². The number of rotatable bonds is 7. The van der Waals surface area contributed by atoms with E-state index in [-0.39, 0.29) is 19.7 Å². The molecule has 6 heteroatoms. The molecule has 0 saturated heterocycles. The molecule has 0 bridgehead atoms. The Bertz CT molecular complexity index is 259. The van der Waals surface area contributed by atoms with Gasteiger partial charge in [0.1, 0.15) is 5.71 Å². The van der Waals surface area contributed by atoms with Crippen LogP contribution < -0.4 is 0 Å². The van der Waals surface area contributed by atoms with E-state index < -0.39 is 11.9 Å². The number of nitrogens with zero attached hydrogens (tertiary/aromatic N) is 2. The van der Waals surface area contributed by atoms with Crippen molar-refractivity contribution in [2.45, 2.75) is 13.1 Å². The molecule has 0 unspecified atom stereocenters. The van der Waals surface area contributed by atoms with Crippen LogP contribution in [0, 0.1) is 0 Å². The Hall–Kier alpha value is -1.17. The van der Waals surface area contributed by atoms with Crippen molar-refractivity contribution in [3.63, 3.8) is 0 Å². The van der Waals surface area contributed by atoms with Crippen LogP contribution in [0.1, 0.15) is 6.92 Å². The van der Waals surface area contributed by atoms with E-state index in [2.05, 4.69) is 16.7 Å². The van der Waals surface area contributed by atoms with E-state index in [1.54, 1.807) is 6.92 Å². The molecule has 0 rings (SSSR count). The highest BCUT2D eigenvalue weighted by Gasteiger charge is 2.33. The summed E-state index contributed by atoms with van der Waals surface area (Å²) in [5, 5.41) is 0. The second-order valence-corrected chi connectivity index (χ2v) is 2.77. The first-order chi connectivity index (χ1) is 7.52. The molecule has 0 fully saturated rings. The Balaban J connectivity index is 4.38. The van der Waals surface area contributed by atoms with Crippen molar-refractivity contribution < 1.29 is 17.9 Å². The fraction of sp³-hybridized carbons (Fsp3) is 0.600. The minimum atomic E-state index is -4.44. The lowest BCUT2D eigenvalue weighted by Gasteiger charge is -2.06. The summed E-state index contributed by atoms with van der Waals surface area (Å²) in [7, 11) is 0. The molecule has 0 saturated carbocycles. The number of hydrogen-bond donors (Lipinski definition) is 0. The molecular weight excluding hydrogens is 221 g/mol. The van der Waals surface area contributed by atoms with E-state index in [1.165, 1.54) is 6.08 Å². The summed E-state index contributed by atoms with van der Waals surface area (Å²) in [6.45, 7) is 5.70. The van der Waals surface area contributed by atoms with Crippen LogP contribution in [0.4, 0.5) is 13.2 Å². The Morgan fingerprint density at radius 3 is 2.56 bits per heavy atom. The summed E-state index contributed by atoms with van der Waals surface area (Å²) in [5.41, 5.74) is -0.921. The minimum absolute atomic E-state index is 0.0165. The molecule has 0 aliphatic rings. The Morgan fingerprint density at radius 1 is 1.38 bits per heavy atom. The van der Waals surface area contributed by atoms with E-state index in [4.69, 9.17) is 4.74 Å². The van der Waals surface area contributed by atoms with Crippen LogP contribution in [0.15, 0.2) is 22.1 Å². The van der Waals surface area contributed by atoms with Gasteiger partial charge in [0, 0.05) is 6.61 Å². The molecule has 0 aromatic carbocycles. The molecule has 0 N–H and O–H groups in total. The first-order valence-electron chi connectivity index (χ1n) is 4.80. The average molecular weight is 236 g/mol. The van der Waals surface area contributed by atoms with Gasteiger partial charge < -0.3 is 4.74 Å². The monoisotopic (exact) mass is 236 g/mol. The lowest BCUT2D eigenvalue weighted by Crippen LogP contribution is -2.21.